The molecule has 0 aliphatic carbocycles. The van der Waals surface area contributed by atoms with Crippen molar-refractivity contribution in [3.05, 3.63) is 89.5 Å². The molecule has 3 rings (SSSR count). The van der Waals surface area contributed by atoms with Crippen molar-refractivity contribution in [2.45, 2.75) is 19.4 Å². The highest BCUT2D eigenvalue weighted by Crippen LogP contribution is 2.30. The van der Waals surface area contributed by atoms with Gasteiger partial charge in [0.25, 0.3) is 0 Å². The van der Waals surface area contributed by atoms with Gasteiger partial charge >= 0.3 is 0 Å². The second-order valence-electron chi connectivity index (χ2n) is 6.23. The number of hydrogen-bond acceptors (Lipinski definition) is 2. The van der Waals surface area contributed by atoms with Gasteiger partial charge in [0.05, 0.1) is 19.3 Å². The van der Waals surface area contributed by atoms with E-state index in [1.807, 2.05) is 36.4 Å². The van der Waals surface area contributed by atoms with Crippen molar-refractivity contribution >= 4 is 5.57 Å². The molecule has 1 heterocycles. The summed E-state index contributed by atoms with van der Waals surface area (Å²) in [7, 11) is 0. The number of allylic oxidation sites excluding steroid dienone is 1. The quantitative estimate of drug-likeness (QED) is 0.803. The minimum Gasteiger partial charge on any atom is -0.388 e. The number of benzene rings is 2. The number of aliphatic hydroxyl groups is 1. The van der Waals surface area contributed by atoms with E-state index in [4.69, 9.17) is 4.74 Å². The van der Waals surface area contributed by atoms with Crippen LogP contribution in [0.3, 0.4) is 0 Å². The standard InChI is InChI=1S/C22H24O2/c1-17(18-9-4-2-5-10-18)21-16-24-15-20(21)13-8-14-22(23)19-11-6-3-7-12-19/h2-13,20,22-23H,14-16H2,1H3/b13-8+,21-17+/t20-,22+/m1/s1. The summed E-state index contributed by atoms with van der Waals surface area (Å²) >= 11 is 0. The molecule has 1 aliphatic heterocycles. The molecule has 0 spiro atoms. The SMILES string of the molecule is C/C(=C1/COC[C@H]1/C=C/C[C@H](O)c1ccccc1)c1ccccc1. The lowest BCUT2D eigenvalue weighted by Gasteiger charge is -2.11. The Kier molecular flexibility index (Phi) is 5.63. The van der Waals surface area contributed by atoms with Gasteiger partial charge in [-0.3, -0.25) is 0 Å². The Labute approximate surface area is 144 Å². The van der Waals surface area contributed by atoms with Crippen LogP contribution >= 0.6 is 0 Å². The van der Waals surface area contributed by atoms with Crippen LogP contribution in [-0.2, 0) is 4.74 Å². The fourth-order valence-electron chi connectivity index (χ4n) is 3.12. The summed E-state index contributed by atoms with van der Waals surface area (Å²) in [5.74, 6) is 0.299. The van der Waals surface area contributed by atoms with Gasteiger partial charge in [-0.15, -0.1) is 0 Å². The maximum Gasteiger partial charge on any atom is 0.0824 e. The van der Waals surface area contributed by atoms with Crippen molar-refractivity contribution < 1.29 is 9.84 Å². The van der Waals surface area contributed by atoms with Crippen LogP contribution in [0.25, 0.3) is 5.57 Å². The zero-order chi connectivity index (χ0) is 16.8. The van der Waals surface area contributed by atoms with Gasteiger partial charge in [-0.2, -0.15) is 0 Å². The van der Waals surface area contributed by atoms with Gasteiger partial charge in [0.1, 0.15) is 0 Å². The molecule has 2 aromatic rings. The molecule has 2 nitrogen and oxygen atoms in total. The Hall–Kier alpha value is -2.16. The van der Waals surface area contributed by atoms with Crippen LogP contribution in [0.15, 0.2) is 78.4 Å². The predicted molar refractivity (Wildman–Crippen MR) is 98.5 cm³/mol. The zero-order valence-electron chi connectivity index (χ0n) is 14.1. The third kappa shape index (κ3) is 4.02. The molecule has 1 N–H and O–H groups in total. The first-order valence-corrected chi connectivity index (χ1v) is 8.48. The summed E-state index contributed by atoms with van der Waals surface area (Å²) in [5.41, 5.74) is 4.85. The summed E-state index contributed by atoms with van der Waals surface area (Å²) in [4.78, 5) is 0. The van der Waals surface area contributed by atoms with Gasteiger partial charge in [0, 0.05) is 5.92 Å². The normalized spacial score (nSPS) is 21.2. The van der Waals surface area contributed by atoms with Gasteiger partial charge in [-0.25, -0.2) is 0 Å². The molecule has 24 heavy (non-hydrogen) atoms. The fraction of sp³-hybridized carbons (Fsp3) is 0.273. The van der Waals surface area contributed by atoms with Crippen LogP contribution in [0.1, 0.15) is 30.6 Å². The molecule has 2 heteroatoms. The van der Waals surface area contributed by atoms with Crippen LogP contribution in [0.5, 0.6) is 0 Å². The highest BCUT2D eigenvalue weighted by atomic mass is 16.5. The molecule has 1 fully saturated rings. The lowest BCUT2D eigenvalue weighted by atomic mass is 9.93. The van der Waals surface area contributed by atoms with Gasteiger partial charge in [-0.1, -0.05) is 72.8 Å². The molecule has 0 saturated carbocycles. The Bertz CT molecular complexity index is 701. The summed E-state index contributed by atoms with van der Waals surface area (Å²) in [6.45, 7) is 3.58. The third-order valence-electron chi connectivity index (χ3n) is 4.60. The maximum atomic E-state index is 10.3. The Morgan fingerprint density at radius 1 is 1.12 bits per heavy atom. The van der Waals surface area contributed by atoms with Crippen molar-refractivity contribution in [3.8, 4) is 0 Å². The molecular weight excluding hydrogens is 296 g/mol. The topological polar surface area (TPSA) is 29.5 Å². The van der Waals surface area contributed by atoms with Crippen LogP contribution in [0.4, 0.5) is 0 Å². The molecule has 0 amide bonds. The number of aliphatic hydroxyl groups excluding tert-OH is 1. The smallest absolute Gasteiger partial charge is 0.0824 e. The van der Waals surface area contributed by atoms with Gasteiger partial charge in [-0.05, 0) is 35.6 Å². The first kappa shape index (κ1) is 16.7. The molecular formula is C22H24O2. The highest BCUT2D eigenvalue weighted by Gasteiger charge is 2.21. The van der Waals surface area contributed by atoms with Crippen LogP contribution < -0.4 is 0 Å². The summed E-state index contributed by atoms with van der Waals surface area (Å²) in [5, 5.41) is 10.3. The van der Waals surface area contributed by atoms with Gasteiger partial charge in [0.15, 0.2) is 0 Å². The second-order valence-corrected chi connectivity index (χ2v) is 6.23. The Balaban J connectivity index is 1.68. The lowest BCUT2D eigenvalue weighted by molar-refractivity contribution is 0.181. The molecule has 2 atom stereocenters. The molecule has 0 unspecified atom stereocenters. The van der Waals surface area contributed by atoms with Crippen molar-refractivity contribution in [3.63, 3.8) is 0 Å². The third-order valence-corrected chi connectivity index (χ3v) is 4.60. The summed E-state index contributed by atoms with van der Waals surface area (Å²) in [6.07, 6.45) is 4.43. The van der Waals surface area contributed by atoms with Gasteiger partial charge < -0.3 is 9.84 Å². The van der Waals surface area contributed by atoms with E-state index in [9.17, 15) is 5.11 Å². The van der Waals surface area contributed by atoms with E-state index in [2.05, 4.69) is 43.3 Å². The molecule has 1 aliphatic rings. The molecule has 1 saturated heterocycles. The second kappa shape index (κ2) is 8.09. The molecule has 0 bridgehead atoms. The fourth-order valence-corrected chi connectivity index (χ4v) is 3.12. The lowest BCUT2D eigenvalue weighted by Crippen LogP contribution is -2.01. The average Bonchev–Trinajstić information content (AvgIpc) is 3.11. The van der Waals surface area contributed by atoms with Crippen LogP contribution in [0, 0.1) is 5.92 Å². The monoisotopic (exact) mass is 320 g/mol. The number of ether oxygens (including phenoxy) is 1. The van der Waals surface area contributed by atoms with Crippen molar-refractivity contribution in [1.29, 1.82) is 0 Å². The molecule has 2 aromatic carbocycles. The predicted octanol–water partition coefficient (Wildman–Crippen LogP) is 4.79. The summed E-state index contributed by atoms with van der Waals surface area (Å²) < 4.78 is 5.68. The van der Waals surface area contributed by atoms with Crippen molar-refractivity contribution in [2.24, 2.45) is 5.92 Å². The molecule has 0 radical (unpaired) electrons. The van der Waals surface area contributed by atoms with E-state index in [0.29, 0.717) is 18.9 Å². The van der Waals surface area contributed by atoms with Crippen LogP contribution in [-0.4, -0.2) is 18.3 Å². The van der Waals surface area contributed by atoms with E-state index >= 15 is 0 Å². The molecule has 0 aromatic heterocycles. The minimum atomic E-state index is -0.451. The Morgan fingerprint density at radius 2 is 1.79 bits per heavy atom. The number of hydrogen-bond donors (Lipinski definition) is 1. The van der Waals surface area contributed by atoms with Crippen molar-refractivity contribution in [1.82, 2.24) is 0 Å². The first-order valence-electron chi connectivity index (χ1n) is 8.48. The van der Waals surface area contributed by atoms with Crippen LogP contribution in [0.2, 0.25) is 0 Å². The average molecular weight is 320 g/mol. The van der Waals surface area contributed by atoms with E-state index in [1.54, 1.807) is 0 Å². The maximum absolute atomic E-state index is 10.3. The van der Waals surface area contributed by atoms with Gasteiger partial charge in [0.2, 0.25) is 0 Å². The highest BCUT2D eigenvalue weighted by molar-refractivity contribution is 5.68. The van der Waals surface area contributed by atoms with E-state index in [-0.39, 0.29) is 0 Å². The first-order chi connectivity index (χ1) is 11.8. The largest absolute Gasteiger partial charge is 0.388 e. The number of rotatable bonds is 5. The van der Waals surface area contributed by atoms with E-state index in [0.717, 1.165) is 12.2 Å². The Morgan fingerprint density at radius 3 is 2.50 bits per heavy atom. The zero-order valence-corrected chi connectivity index (χ0v) is 14.1. The summed E-state index contributed by atoms with van der Waals surface area (Å²) in [6, 6.07) is 20.2. The molecule has 124 valence electrons. The van der Waals surface area contributed by atoms with E-state index < -0.39 is 6.10 Å². The van der Waals surface area contributed by atoms with Crippen molar-refractivity contribution in [2.75, 3.05) is 13.2 Å². The van der Waals surface area contributed by atoms with E-state index in [1.165, 1.54) is 16.7 Å². The minimum absolute atomic E-state index is 0.299.